The van der Waals surface area contributed by atoms with Crippen molar-refractivity contribution in [2.75, 3.05) is 19.7 Å². The Balaban J connectivity index is 1.57. The monoisotopic (exact) mass is 361 g/mol. The molecule has 25 heavy (non-hydrogen) atoms. The molecule has 6 nitrogen and oxygen atoms in total. The van der Waals surface area contributed by atoms with Crippen LogP contribution in [0.3, 0.4) is 0 Å². The smallest absolute Gasteiger partial charge is 0.331 e. The number of ether oxygens (including phenoxy) is 1. The molecule has 132 valence electrons. The summed E-state index contributed by atoms with van der Waals surface area (Å²) in [5.74, 6) is -0.243. The topological polar surface area (TPSA) is 63.9 Å². The summed E-state index contributed by atoms with van der Waals surface area (Å²) in [7, 11) is 0. The van der Waals surface area contributed by atoms with Crippen LogP contribution in [0.15, 0.2) is 30.5 Å². The summed E-state index contributed by atoms with van der Waals surface area (Å²) < 4.78 is 6.82. The summed E-state index contributed by atoms with van der Waals surface area (Å²) in [6.07, 6.45) is 6.73. The molecule has 3 heterocycles. The fourth-order valence-electron chi connectivity index (χ4n) is 2.97. The van der Waals surface area contributed by atoms with Gasteiger partial charge in [0.15, 0.2) is 11.8 Å². The molecule has 1 atom stereocenters. The largest absolute Gasteiger partial charge is 0.452 e. The van der Waals surface area contributed by atoms with Gasteiger partial charge in [0.1, 0.15) is 5.65 Å². The maximum absolute atomic E-state index is 12.1. The van der Waals surface area contributed by atoms with Crippen molar-refractivity contribution in [1.29, 1.82) is 0 Å². The molecular weight excluding hydrogens is 342 g/mol. The predicted molar refractivity (Wildman–Crippen MR) is 95.2 cm³/mol. The molecule has 0 saturated carbocycles. The number of hydrogen-bond donors (Lipinski definition) is 0. The highest BCUT2D eigenvalue weighted by Crippen LogP contribution is 2.19. The zero-order valence-corrected chi connectivity index (χ0v) is 14.8. The van der Waals surface area contributed by atoms with Crippen LogP contribution in [-0.2, 0) is 14.3 Å². The van der Waals surface area contributed by atoms with E-state index in [1.54, 1.807) is 15.5 Å². The molecule has 0 N–H and O–H groups in total. The van der Waals surface area contributed by atoms with E-state index in [0.717, 1.165) is 25.9 Å². The highest BCUT2D eigenvalue weighted by atomic mass is 35.5. The summed E-state index contributed by atoms with van der Waals surface area (Å²) in [5, 5.41) is 0.300. The summed E-state index contributed by atoms with van der Waals surface area (Å²) >= 11 is 6.10. The van der Waals surface area contributed by atoms with Crippen molar-refractivity contribution in [2.24, 2.45) is 5.92 Å². The summed E-state index contributed by atoms with van der Waals surface area (Å²) in [4.78, 5) is 29.9. The minimum absolute atomic E-state index is 0.152. The molecule has 0 radical (unpaired) electrons. The first-order chi connectivity index (χ1) is 12.0. The Hall–Kier alpha value is -2.34. The van der Waals surface area contributed by atoms with E-state index in [0.29, 0.717) is 22.4 Å². The van der Waals surface area contributed by atoms with Gasteiger partial charge in [-0.1, -0.05) is 24.6 Å². The predicted octanol–water partition coefficient (Wildman–Crippen LogP) is 2.80. The lowest BCUT2D eigenvalue weighted by Crippen LogP contribution is -2.41. The third kappa shape index (κ3) is 4.20. The fraction of sp³-hybridized carbons (Fsp3) is 0.389. The summed E-state index contributed by atoms with van der Waals surface area (Å²) in [6.45, 7) is 3.34. The van der Waals surface area contributed by atoms with E-state index in [-0.39, 0.29) is 12.5 Å². The van der Waals surface area contributed by atoms with Crippen LogP contribution in [0.2, 0.25) is 5.15 Å². The molecule has 1 aliphatic heterocycles. The van der Waals surface area contributed by atoms with E-state index in [4.69, 9.17) is 16.3 Å². The van der Waals surface area contributed by atoms with E-state index >= 15 is 0 Å². The highest BCUT2D eigenvalue weighted by molar-refractivity contribution is 6.31. The molecule has 3 rings (SSSR count). The van der Waals surface area contributed by atoms with Crippen molar-refractivity contribution in [3.05, 3.63) is 41.3 Å². The number of imidazole rings is 1. The number of fused-ring (bicyclic) bond motifs is 1. The Kier molecular flexibility index (Phi) is 5.38. The Morgan fingerprint density at radius 1 is 1.44 bits per heavy atom. The Labute approximate surface area is 151 Å². The number of hydrogen-bond acceptors (Lipinski definition) is 4. The second-order valence-electron chi connectivity index (χ2n) is 6.24. The van der Waals surface area contributed by atoms with E-state index in [9.17, 15) is 9.59 Å². The molecule has 0 aliphatic carbocycles. The van der Waals surface area contributed by atoms with Crippen molar-refractivity contribution in [2.45, 2.75) is 19.8 Å². The van der Waals surface area contributed by atoms with E-state index in [1.165, 1.54) is 12.2 Å². The normalized spacial score (nSPS) is 18.0. The van der Waals surface area contributed by atoms with Crippen LogP contribution in [0.4, 0.5) is 0 Å². The van der Waals surface area contributed by atoms with Crippen LogP contribution in [-0.4, -0.2) is 45.9 Å². The first-order valence-corrected chi connectivity index (χ1v) is 8.67. The van der Waals surface area contributed by atoms with Gasteiger partial charge in [0.25, 0.3) is 5.91 Å². The van der Waals surface area contributed by atoms with Crippen molar-refractivity contribution in [3.8, 4) is 0 Å². The number of piperidine rings is 1. The number of carbonyl (C=O) groups excluding carboxylic acids is 2. The molecule has 7 heteroatoms. The maximum Gasteiger partial charge on any atom is 0.331 e. The minimum Gasteiger partial charge on any atom is -0.452 e. The third-order valence-corrected chi connectivity index (χ3v) is 4.53. The molecule has 0 spiro atoms. The number of aromatic nitrogens is 2. The van der Waals surface area contributed by atoms with E-state index < -0.39 is 5.97 Å². The van der Waals surface area contributed by atoms with Crippen molar-refractivity contribution >= 4 is 35.2 Å². The van der Waals surface area contributed by atoms with Crippen molar-refractivity contribution in [3.63, 3.8) is 0 Å². The SMILES string of the molecule is C[C@H]1CCCN(C(=O)COC(=O)/C=C/c2c(Cl)nc3ccccn23)C1. The maximum atomic E-state index is 12.1. The standard InChI is InChI=1S/C18H20ClN3O3/c1-13-5-4-9-21(11-13)16(23)12-25-17(24)8-7-14-18(19)20-15-6-2-3-10-22(14)15/h2-3,6-8,10,13H,4-5,9,11-12H2,1H3/b8-7+/t13-/m0/s1. The van der Waals surface area contributed by atoms with Gasteiger partial charge < -0.3 is 9.64 Å². The molecule has 1 fully saturated rings. The van der Waals surface area contributed by atoms with Gasteiger partial charge in [-0.05, 0) is 37.0 Å². The van der Waals surface area contributed by atoms with Crippen molar-refractivity contribution < 1.29 is 14.3 Å². The Bertz CT molecular complexity index is 815. The van der Waals surface area contributed by atoms with E-state index in [2.05, 4.69) is 11.9 Å². The Morgan fingerprint density at radius 2 is 2.28 bits per heavy atom. The van der Waals surface area contributed by atoms with Crippen molar-refractivity contribution in [1.82, 2.24) is 14.3 Å². The number of nitrogens with zero attached hydrogens (tertiary/aromatic N) is 3. The third-order valence-electron chi connectivity index (χ3n) is 4.25. The quantitative estimate of drug-likeness (QED) is 0.620. The number of rotatable bonds is 4. The second kappa shape index (κ2) is 7.70. The molecule has 0 aromatic carbocycles. The molecule has 1 aliphatic rings. The molecule has 0 bridgehead atoms. The molecule has 0 unspecified atom stereocenters. The second-order valence-corrected chi connectivity index (χ2v) is 6.60. The van der Waals surface area contributed by atoms with Gasteiger partial charge in [0.2, 0.25) is 0 Å². The summed E-state index contributed by atoms with van der Waals surface area (Å²) in [5.41, 5.74) is 1.28. The zero-order valence-electron chi connectivity index (χ0n) is 14.0. The molecule has 2 aromatic heterocycles. The lowest BCUT2D eigenvalue weighted by Gasteiger charge is -2.30. The van der Waals surface area contributed by atoms with Crippen LogP contribution in [0, 0.1) is 5.92 Å². The number of esters is 1. The zero-order chi connectivity index (χ0) is 17.8. The van der Waals surface area contributed by atoms with E-state index in [1.807, 2.05) is 18.2 Å². The molecular formula is C18H20ClN3O3. The highest BCUT2D eigenvalue weighted by Gasteiger charge is 2.21. The number of carbonyl (C=O) groups is 2. The van der Waals surface area contributed by atoms with Gasteiger partial charge in [0.05, 0.1) is 5.69 Å². The average Bonchev–Trinajstić information content (AvgIpc) is 2.93. The number of halogens is 1. The van der Waals surface area contributed by atoms with Gasteiger partial charge in [-0.25, -0.2) is 9.78 Å². The van der Waals surface area contributed by atoms with Gasteiger partial charge in [0, 0.05) is 25.4 Å². The first-order valence-electron chi connectivity index (χ1n) is 8.30. The molecule has 1 amide bonds. The minimum atomic E-state index is -0.583. The average molecular weight is 362 g/mol. The van der Waals surface area contributed by atoms with Gasteiger partial charge in [-0.3, -0.25) is 9.20 Å². The van der Waals surface area contributed by atoms with Gasteiger partial charge >= 0.3 is 5.97 Å². The first kappa shape index (κ1) is 17.5. The van der Waals surface area contributed by atoms with Crippen LogP contribution in [0.25, 0.3) is 11.7 Å². The lowest BCUT2D eigenvalue weighted by molar-refractivity contribution is -0.149. The molecule has 2 aromatic rings. The fourth-order valence-corrected chi connectivity index (χ4v) is 3.21. The number of pyridine rings is 1. The van der Waals surface area contributed by atoms with Crippen LogP contribution in [0.1, 0.15) is 25.5 Å². The molecule has 1 saturated heterocycles. The number of amides is 1. The van der Waals surface area contributed by atoms with Crippen LogP contribution in [0.5, 0.6) is 0 Å². The van der Waals surface area contributed by atoms with Gasteiger partial charge in [-0.15, -0.1) is 0 Å². The van der Waals surface area contributed by atoms with Crippen LogP contribution < -0.4 is 0 Å². The van der Waals surface area contributed by atoms with Crippen LogP contribution >= 0.6 is 11.6 Å². The lowest BCUT2D eigenvalue weighted by atomic mass is 10.0. The Morgan fingerprint density at radius 3 is 3.08 bits per heavy atom. The summed E-state index contributed by atoms with van der Waals surface area (Å²) in [6, 6.07) is 5.52. The van der Waals surface area contributed by atoms with Gasteiger partial charge in [-0.2, -0.15) is 0 Å². The number of likely N-dealkylation sites (tertiary alicyclic amines) is 1.